The smallest absolute Gasteiger partial charge is 0.355 e. The molecule has 0 spiro atoms. The van der Waals surface area contributed by atoms with Crippen molar-refractivity contribution in [3.05, 3.63) is 18.1 Å². The van der Waals surface area contributed by atoms with Crippen molar-refractivity contribution >= 4 is 5.82 Å². The molecule has 0 saturated carbocycles. The van der Waals surface area contributed by atoms with E-state index in [1.807, 2.05) is 0 Å². The molecule has 0 radical (unpaired) electrons. The molecule has 0 N–H and O–H groups in total. The van der Waals surface area contributed by atoms with Gasteiger partial charge in [0.1, 0.15) is 11.6 Å². The average molecular weight is 217 g/mol. The summed E-state index contributed by atoms with van der Waals surface area (Å²) in [6.07, 6.45) is -2.53. The van der Waals surface area contributed by atoms with Crippen LogP contribution >= 0.6 is 0 Å². The molecule has 1 fully saturated rings. The van der Waals surface area contributed by atoms with E-state index in [4.69, 9.17) is 0 Å². The highest BCUT2D eigenvalue weighted by molar-refractivity contribution is 5.41. The zero-order chi connectivity index (χ0) is 11.1. The second-order valence-corrected chi connectivity index (χ2v) is 3.61. The van der Waals surface area contributed by atoms with E-state index < -0.39 is 12.1 Å². The van der Waals surface area contributed by atoms with Crippen LogP contribution in [-0.2, 0) is 0 Å². The van der Waals surface area contributed by atoms with Crippen molar-refractivity contribution in [3.8, 4) is 0 Å². The van der Waals surface area contributed by atoms with Crippen LogP contribution in [0.1, 0.15) is 5.82 Å². The lowest BCUT2D eigenvalue weighted by atomic mass is 10.00. The number of aryl methyl sites for hydroxylation is 1. The maximum absolute atomic E-state index is 12.2. The summed E-state index contributed by atoms with van der Waals surface area (Å²) in [4.78, 5) is 9.55. The number of rotatable bonds is 1. The molecular formula is C9H10F3N3. The minimum atomic E-state index is -4.08. The van der Waals surface area contributed by atoms with Crippen LogP contribution in [0.5, 0.6) is 0 Å². The number of alkyl halides is 3. The third kappa shape index (κ3) is 2.03. The quantitative estimate of drug-likeness (QED) is 0.718. The fourth-order valence-corrected chi connectivity index (χ4v) is 1.49. The highest BCUT2D eigenvalue weighted by atomic mass is 19.4. The van der Waals surface area contributed by atoms with Gasteiger partial charge in [0, 0.05) is 19.3 Å². The predicted molar refractivity (Wildman–Crippen MR) is 48.5 cm³/mol. The Morgan fingerprint density at radius 3 is 2.60 bits per heavy atom. The fourth-order valence-electron chi connectivity index (χ4n) is 1.49. The summed E-state index contributed by atoms with van der Waals surface area (Å²) in [5, 5.41) is 0. The van der Waals surface area contributed by atoms with E-state index in [9.17, 15) is 13.2 Å². The molecule has 82 valence electrons. The van der Waals surface area contributed by atoms with Crippen LogP contribution < -0.4 is 4.90 Å². The Labute approximate surface area is 84.9 Å². The van der Waals surface area contributed by atoms with Gasteiger partial charge in [-0.1, -0.05) is 0 Å². The van der Waals surface area contributed by atoms with E-state index in [0.29, 0.717) is 11.6 Å². The summed E-state index contributed by atoms with van der Waals surface area (Å²) in [5.74, 6) is -0.0706. The Kier molecular flexibility index (Phi) is 2.28. The van der Waals surface area contributed by atoms with E-state index in [1.165, 1.54) is 0 Å². The fraction of sp³-hybridized carbons (Fsp3) is 0.556. The maximum Gasteiger partial charge on any atom is 0.395 e. The largest absolute Gasteiger partial charge is 0.395 e. The number of hydrogen-bond donors (Lipinski definition) is 0. The number of nitrogens with zero attached hydrogens (tertiary/aromatic N) is 3. The minimum absolute atomic E-state index is 0.0000463. The van der Waals surface area contributed by atoms with Crippen LogP contribution in [0.3, 0.4) is 0 Å². The topological polar surface area (TPSA) is 29.0 Å². The van der Waals surface area contributed by atoms with Crippen LogP contribution in [-0.4, -0.2) is 29.2 Å². The minimum Gasteiger partial charge on any atom is -0.355 e. The molecule has 1 saturated heterocycles. The van der Waals surface area contributed by atoms with Gasteiger partial charge in [0.2, 0.25) is 0 Å². The zero-order valence-corrected chi connectivity index (χ0v) is 8.12. The average Bonchev–Trinajstić information content (AvgIpc) is 1.97. The van der Waals surface area contributed by atoms with Crippen LogP contribution in [0.4, 0.5) is 19.0 Å². The van der Waals surface area contributed by atoms with Crippen molar-refractivity contribution < 1.29 is 13.2 Å². The zero-order valence-electron chi connectivity index (χ0n) is 8.12. The van der Waals surface area contributed by atoms with Crippen LogP contribution in [0.2, 0.25) is 0 Å². The maximum atomic E-state index is 12.2. The Balaban J connectivity index is 2.00. The van der Waals surface area contributed by atoms with E-state index >= 15 is 0 Å². The summed E-state index contributed by atoms with van der Waals surface area (Å²) in [6, 6.07) is 1.62. The highest BCUT2D eigenvalue weighted by Gasteiger charge is 2.47. The van der Waals surface area contributed by atoms with Crippen molar-refractivity contribution in [2.75, 3.05) is 18.0 Å². The summed E-state index contributed by atoms with van der Waals surface area (Å²) >= 11 is 0. The number of anilines is 1. The molecule has 0 unspecified atom stereocenters. The second-order valence-electron chi connectivity index (χ2n) is 3.61. The van der Waals surface area contributed by atoms with Crippen LogP contribution in [0.15, 0.2) is 12.3 Å². The number of halogens is 3. The number of hydrogen-bond acceptors (Lipinski definition) is 3. The van der Waals surface area contributed by atoms with E-state index in [1.54, 1.807) is 24.1 Å². The summed E-state index contributed by atoms with van der Waals surface area (Å²) < 4.78 is 36.6. The van der Waals surface area contributed by atoms with Crippen LogP contribution in [0, 0.1) is 12.8 Å². The van der Waals surface area contributed by atoms with Gasteiger partial charge >= 0.3 is 6.18 Å². The first-order valence-corrected chi connectivity index (χ1v) is 4.58. The van der Waals surface area contributed by atoms with Crippen molar-refractivity contribution in [2.45, 2.75) is 13.1 Å². The molecule has 0 aromatic carbocycles. The lowest BCUT2D eigenvalue weighted by Gasteiger charge is -2.40. The van der Waals surface area contributed by atoms with Gasteiger partial charge in [-0.25, -0.2) is 9.97 Å². The lowest BCUT2D eigenvalue weighted by Crippen LogP contribution is -2.53. The Bertz CT molecular complexity index is 358. The first-order chi connectivity index (χ1) is 6.97. The molecule has 0 amide bonds. The normalized spacial score (nSPS) is 17.7. The van der Waals surface area contributed by atoms with Gasteiger partial charge < -0.3 is 4.90 Å². The van der Waals surface area contributed by atoms with E-state index in [-0.39, 0.29) is 13.1 Å². The third-order valence-corrected chi connectivity index (χ3v) is 2.43. The molecular weight excluding hydrogens is 207 g/mol. The van der Waals surface area contributed by atoms with Gasteiger partial charge in [0.25, 0.3) is 0 Å². The monoisotopic (exact) mass is 217 g/mol. The molecule has 1 aliphatic heterocycles. The molecule has 2 heterocycles. The molecule has 0 bridgehead atoms. The van der Waals surface area contributed by atoms with Crippen molar-refractivity contribution in [2.24, 2.45) is 5.92 Å². The van der Waals surface area contributed by atoms with E-state index in [0.717, 1.165) is 0 Å². The van der Waals surface area contributed by atoms with Gasteiger partial charge in [0.05, 0.1) is 5.92 Å². The Morgan fingerprint density at radius 2 is 2.07 bits per heavy atom. The van der Waals surface area contributed by atoms with Gasteiger partial charge in [-0.3, -0.25) is 0 Å². The summed E-state index contributed by atoms with van der Waals surface area (Å²) in [5.41, 5.74) is 0. The molecule has 6 heteroatoms. The van der Waals surface area contributed by atoms with Gasteiger partial charge in [0.15, 0.2) is 0 Å². The van der Waals surface area contributed by atoms with Gasteiger partial charge in [-0.05, 0) is 13.0 Å². The molecule has 1 aromatic heterocycles. The molecule has 0 atom stereocenters. The van der Waals surface area contributed by atoms with Gasteiger partial charge in [-0.2, -0.15) is 13.2 Å². The molecule has 1 aromatic rings. The Morgan fingerprint density at radius 1 is 1.40 bits per heavy atom. The SMILES string of the molecule is Cc1nccc(N2CC(C(F)(F)F)C2)n1. The summed E-state index contributed by atoms with van der Waals surface area (Å²) in [6.45, 7) is 1.71. The Hall–Kier alpha value is -1.33. The van der Waals surface area contributed by atoms with Gasteiger partial charge in [-0.15, -0.1) is 0 Å². The third-order valence-electron chi connectivity index (χ3n) is 2.43. The standard InChI is InChI=1S/C9H10F3N3/c1-6-13-3-2-8(14-6)15-4-7(5-15)9(10,11)12/h2-3,7H,4-5H2,1H3. The second kappa shape index (κ2) is 3.36. The molecule has 1 aliphatic rings. The van der Waals surface area contributed by atoms with Crippen molar-refractivity contribution in [1.29, 1.82) is 0 Å². The predicted octanol–water partition coefficient (Wildman–Crippen LogP) is 1.78. The van der Waals surface area contributed by atoms with Crippen molar-refractivity contribution in [3.63, 3.8) is 0 Å². The highest BCUT2D eigenvalue weighted by Crippen LogP contribution is 2.35. The first-order valence-electron chi connectivity index (χ1n) is 4.58. The van der Waals surface area contributed by atoms with E-state index in [2.05, 4.69) is 9.97 Å². The first kappa shape index (κ1) is 10.2. The van der Waals surface area contributed by atoms with Crippen molar-refractivity contribution in [1.82, 2.24) is 9.97 Å². The molecule has 15 heavy (non-hydrogen) atoms. The number of aromatic nitrogens is 2. The molecule has 2 rings (SSSR count). The lowest BCUT2D eigenvalue weighted by molar-refractivity contribution is -0.180. The van der Waals surface area contributed by atoms with Crippen LogP contribution in [0.25, 0.3) is 0 Å². The summed E-state index contributed by atoms with van der Waals surface area (Å²) in [7, 11) is 0. The molecule has 3 nitrogen and oxygen atoms in total. The molecule has 0 aliphatic carbocycles.